The number of anilines is 2. The van der Waals surface area contributed by atoms with Crippen LogP contribution in [0.3, 0.4) is 0 Å². The van der Waals surface area contributed by atoms with Crippen molar-refractivity contribution in [2.75, 3.05) is 30.4 Å². The van der Waals surface area contributed by atoms with Crippen LogP contribution in [0.4, 0.5) is 11.4 Å². The Morgan fingerprint density at radius 1 is 1.29 bits per heavy atom. The van der Waals surface area contributed by atoms with E-state index in [0.29, 0.717) is 18.7 Å². The number of piperidine rings is 1. The third-order valence-corrected chi connectivity index (χ3v) is 5.39. The van der Waals surface area contributed by atoms with Gasteiger partial charge in [-0.1, -0.05) is 18.2 Å². The van der Waals surface area contributed by atoms with Gasteiger partial charge < -0.3 is 20.3 Å². The summed E-state index contributed by atoms with van der Waals surface area (Å²) in [7, 11) is 1.61. The Morgan fingerprint density at radius 2 is 2.18 bits per heavy atom. The first-order valence-corrected chi connectivity index (χ1v) is 9.74. The second-order valence-electron chi connectivity index (χ2n) is 7.30. The van der Waals surface area contributed by atoms with Crippen molar-refractivity contribution in [3.63, 3.8) is 0 Å². The van der Waals surface area contributed by atoms with E-state index in [4.69, 9.17) is 4.74 Å². The quantitative estimate of drug-likeness (QED) is 0.838. The molecule has 0 aliphatic carbocycles. The van der Waals surface area contributed by atoms with Gasteiger partial charge in [0, 0.05) is 30.5 Å². The maximum atomic E-state index is 12.9. The minimum Gasteiger partial charge on any atom is -0.497 e. The molecule has 146 valence electrons. The van der Waals surface area contributed by atoms with Crippen LogP contribution < -0.4 is 20.3 Å². The van der Waals surface area contributed by atoms with Crippen LogP contribution in [0.15, 0.2) is 42.5 Å². The van der Waals surface area contributed by atoms with Crippen molar-refractivity contribution in [2.24, 2.45) is 0 Å². The van der Waals surface area contributed by atoms with Crippen molar-refractivity contribution in [3.05, 3.63) is 53.6 Å². The van der Waals surface area contributed by atoms with Crippen LogP contribution in [0.1, 0.15) is 24.0 Å². The lowest BCUT2D eigenvalue weighted by atomic mass is 10.0. The first-order chi connectivity index (χ1) is 13.6. The third kappa shape index (κ3) is 3.81. The SMILES string of the molecule is COc1cccc(N2CCCC(NC(=O)Cc3ccc4c(c3)NCC4)C2=O)c1. The minimum atomic E-state index is -0.486. The summed E-state index contributed by atoms with van der Waals surface area (Å²) in [5.41, 5.74) is 4.16. The maximum Gasteiger partial charge on any atom is 0.249 e. The number of hydrogen-bond donors (Lipinski definition) is 2. The summed E-state index contributed by atoms with van der Waals surface area (Å²) in [4.78, 5) is 27.2. The molecule has 1 unspecified atom stereocenters. The van der Waals surface area contributed by atoms with Crippen LogP contribution in [-0.2, 0) is 22.4 Å². The number of rotatable bonds is 5. The third-order valence-electron chi connectivity index (χ3n) is 5.39. The van der Waals surface area contributed by atoms with Crippen molar-refractivity contribution in [1.82, 2.24) is 5.32 Å². The Labute approximate surface area is 164 Å². The Bertz CT molecular complexity index is 896. The monoisotopic (exact) mass is 379 g/mol. The van der Waals surface area contributed by atoms with Gasteiger partial charge in [-0.15, -0.1) is 0 Å². The second-order valence-corrected chi connectivity index (χ2v) is 7.30. The summed E-state index contributed by atoms with van der Waals surface area (Å²) in [6.07, 6.45) is 2.81. The summed E-state index contributed by atoms with van der Waals surface area (Å²) >= 11 is 0. The molecule has 2 aromatic carbocycles. The maximum absolute atomic E-state index is 12.9. The van der Waals surface area contributed by atoms with Gasteiger partial charge in [0.2, 0.25) is 11.8 Å². The normalized spacial score (nSPS) is 18.4. The van der Waals surface area contributed by atoms with Gasteiger partial charge in [-0.3, -0.25) is 9.59 Å². The summed E-state index contributed by atoms with van der Waals surface area (Å²) < 4.78 is 5.26. The number of ether oxygens (including phenoxy) is 1. The molecule has 0 radical (unpaired) electrons. The predicted molar refractivity (Wildman–Crippen MR) is 109 cm³/mol. The van der Waals surface area contributed by atoms with E-state index in [1.807, 2.05) is 36.4 Å². The highest BCUT2D eigenvalue weighted by Gasteiger charge is 2.31. The zero-order valence-corrected chi connectivity index (χ0v) is 16.0. The van der Waals surface area contributed by atoms with E-state index in [0.717, 1.165) is 36.3 Å². The highest BCUT2D eigenvalue weighted by atomic mass is 16.5. The van der Waals surface area contributed by atoms with E-state index in [9.17, 15) is 9.59 Å². The average molecular weight is 379 g/mol. The molecule has 6 nitrogen and oxygen atoms in total. The Hall–Kier alpha value is -3.02. The van der Waals surface area contributed by atoms with Gasteiger partial charge >= 0.3 is 0 Å². The highest BCUT2D eigenvalue weighted by molar-refractivity contribution is 6.00. The molecule has 0 saturated carbocycles. The van der Waals surface area contributed by atoms with Crippen LogP contribution in [0.5, 0.6) is 5.75 Å². The summed E-state index contributed by atoms with van der Waals surface area (Å²) in [5, 5.41) is 6.26. The molecule has 1 saturated heterocycles. The van der Waals surface area contributed by atoms with E-state index in [1.54, 1.807) is 12.0 Å². The molecular weight excluding hydrogens is 354 g/mol. The number of carbonyl (C=O) groups is 2. The molecule has 0 spiro atoms. The lowest BCUT2D eigenvalue weighted by Gasteiger charge is -2.32. The van der Waals surface area contributed by atoms with Crippen LogP contribution in [-0.4, -0.2) is 38.1 Å². The van der Waals surface area contributed by atoms with Gasteiger partial charge in [-0.05, 0) is 48.6 Å². The molecule has 4 rings (SSSR count). The van der Waals surface area contributed by atoms with Crippen LogP contribution in [0, 0.1) is 0 Å². The van der Waals surface area contributed by atoms with Crippen molar-refractivity contribution in [2.45, 2.75) is 31.7 Å². The molecule has 0 aromatic heterocycles. The number of nitrogens with one attached hydrogen (secondary N) is 2. The fourth-order valence-electron chi connectivity index (χ4n) is 3.92. The first kappa shape index (κ1) is 18.3. The van der Waals surface area contributed by atoms with E-state index < -0.39 is 6.04 Å². The summed E-state index contributed by atoms with van der Waals surface area (Å²) in [5.74, 6) is 0.522. The van der Waals surface area contributed by atoms with E-state index in [2.05, 4.69) is 16.7 Å². The Kier molecular flexibility index (Phi) is 5.19. The molecule has 6 heteroatoms. The predicted octanol–water partition coefficient (Wildman–Crippen LogP) is 2.52. The van der Waals surface area contributed by atoms with Crippen molar-refractivity contribution in [1.29, 1.82) is 0 Å². The van der Waals surface area contributed by atoms with Gasteiger partial charge in [-0.2, -0.15) is 0 Å². The molecule has 1 atom stereocenters. The fraction of sp³-hybridized carbons (Fsp3) is 0.364. The molecule has 1 fully saturated rings. The lowest BCUT2D eigenvalue weighted by Crippen LogP contribution is -2.52. The largest absolute Gasteiger partial charge is 0.497 e. The lowest BCUT2D eigenvalue weighted by molar-refractivity contribution is -0.128. The van der Waals surface area contributed by atoms with E-state index in [-0.39, 0.29) is 18.2 Å². The van der Waals surface area contributed by atoms with Gasteiger partial charge in [0.1, 0.15) is 11.8 Å². The molecule has 0 bridgehead atoms. The van der Waals surface area contributed by atoms with Crippen molar-refractivity contribution in [3.8, 4) is 5.75 Å². The minimum absolute atomic E-state index is 0.0662. The molecule has 2 N–H and O–H groups in total. The number of benzene rings is 2. The molecule has 2 aliphatic heterocycles. The summed E-state index contributed by atoms with van der Waals surface area (Å²) in [6.45, 7) is 1.59. The van der Waals surface area contributed by atoms with Gasteiger partial charge in [-0.25, -0.2) is 0 Å². The topological polar surface area (TPSA) is 70.7 Å². The number of nitrogens with zero attached hydrogens (tertiary/aromatic N) is 1. The molecule has 2 amide bonds. The molecule has 2 aliphatic rings. The fourth-order valence-corrected chi connectivity index (χ4v) is 3.92. The number of fused-ring (bicyclic) bond motifs is 1. The summed E-state index contributed by atoms with van der Waals surface area (Å²) in [6, 6.07) is 13.1. The van der Waals surface area contributed by atoms with Gasteiger partial charge in [0.25, 0.3) is 0 Å². The van der Waals surface area contributed by atoms with Crippen LogP contribution in [0.2, 0.25) is 0 Å². The zero-order chi connectivity index (χ0) is 19.5. The van der Waals surface area contributed by atoms with Gasteiger partial charge in [0.05, 0.1) is 13.5 Å². The molecule has 28 heavy (non-hydrogen) atoms. The molecular formula is C22H25N3O3. The molecule has 2 heterocycles. The van der Waals surface area contributed by atoms with E-state index >= 15 is 0 Å². The smallest absolute Gasteiger partial charge is 0.249 e. The van der Waals surface area contributed by atoms with Crippen LogP contribution >= 0.6 is 0 Å². The number of carbonyl (C=O) groups excluding carboxylic acids is 2. The highest BCUT2D eigenvalue weighted by Crippen LogP contribution is 2.26. The number of hydrogen-bond acceptors (Lipinski definition) is 4. The Balaban J connectivity index is 1.41. The Morgan fingerprint density at radius 3 is 3.04 bits per heavy atom. The standard InChI is InChI=1S/C22H25N3O3/c1-28-18-5-2-4-17(14-18)25-11-3-6-19(22(25)27)24-21(26)13-15-7-8-16-9-10-23-20(16)12-15/h2,4-5,7-8,12,14,19,23H,3,6,9-11,13H2,1H3,(H,24,26). The first-order valence-electron chi connectivity index (χ1n) is 9.74. The zero-order valence-electron chi connectivity index (χ0n) is 16.0. The van der Waals surface area contributed by atoms with Gasteiger partial charge in [0.15, 0.2) is 0 Å². The molecule has 2 aromatic rings. The van der Waals surface area contributed by atoms with E-state index in [1.165, 1.54) is 5.56 Å². The second kappa shape index (κ2) is 7.92. The van der Waals surface area contributed by atoms with Crippen molar-refractivity contribution < 1.29 is 14.3 Å². The van der Waals surface area contributed by atoms with Crippen LogP contribution in [0.25, 0.3) is 0 Å². The average Bonchev–Trinajstić information content (AvgIpc) is 3.17. The van der Waals surface area contributed by atoms with Crippen molar-refractivity contribution >= 4 is 23.2 Å². The number of methoxy groups -OCH3 is 1. The number of amides is 2.